The summed E-state index contributed by atoms with van der Waals surface area (Å²) in [5.41, 5.74) is -0.501. The summed E-state index contributed by atoms with van der Waals surface area (Å²) in [6, 6.07) is 2.60. The van der Waals surface area contributed by atoms with Gasteiger partial charge in [-0.25, -0.2) is 9.78 Å². The first-order chi connectivity index (χ1) is 12.1. The molecule has 0 saturated carbocycles. The highest BCUT2D eigenvalue weighted by molar-refractivity contribution is 6.40. The highest BCUT2D eigenvalue weighted by Crippen LogP contribution is 2.41. The largest absolute Gasteiger partial charge is 0.478 e. The molecular formula is C15H9Cl4F3N2O3. The fraction of sp³-hybridized carbons (Fsp3) is 0.200. The lowest BCUT2D eigenvalue weighted by Gasteiger charge is -2.28. The first-order valence-corrected chi connectivity index (χ1v) is 8.08. The molecule has 0 radical (unpaired) electrons. The van der Waals surface area contributed by atoms with Crippen LogP contribution in [0.15, 0.2) is 24.0 Å². The third kappa shape index (κ3) is 4.13. The van der Waals surface area contributed by atoms with Crippen LogP contribution in [0.4, 0.5) is 13.2 Å². The molecule has 1 atom stereocenters. The number of halogens is 7. The molecule has 0 fully saturated rings. The monoisotopic (exact) mass is 462 g/mol. The van der Waals surface area contributed by atoms with Gasteiger partial charge in [0.2, 0.25) is 6.10 Å². The number of fused-ring (bicyclic) bond motifs is 1. The number of carbonyl (C=O) groups is 1. The Morgan fingerprint density at radius 1 is 1.30 bits per heavy atom. The number of imidazole rings is 1. The van der Waals surface area contributed by atoms with Crippen molar-refractivity contribution in [2.24, 2.45) is 0 Å². The minimum Gasteiger partial charge on any atom is -0.478 e. The molecule has 27 heavy (non-hydrogen) atoms. The quantitative estimate of drug-likeness (QED) is 0.687. The second-order valence-corrected chi connectivity index (χ2v) is 6.46. The van der Waals surface area contributed by atoms with Crippen LogP contribution in [0, 0.1) is 0 Å². The maximum absolute atomic E-state index is 13.1. The van der Waals surface area contributed by atoms with Crippen molar-refractivity contribution in [3.05, 3.63) is 50.5 Å². The molecule has 5 nitrogen and oxygen atoms in total. The van der Waals surface area contributed by atoms with E-state index < -0.39 is 23.8 Å². The minimum atomic E-state index is -4.89. The standard InChI is InChI=1S/C15H8Cl3F3N2O3.ClH/c16-9-1-2-10-6(8(9)4-23-5-22-12(17)13(23)18)3-7(14(24)25)11(26-10)15(19,20)21;/h1-3,5,11H,4H2,(H,24,25);1H. The zero-order valence-electron chi connectivity index (χ0n) is 12.9. The Hall–Kier alpha value is -1.61. The van der Waals surface area contributed by atoms with Crippen molar-refractivity contribution in [2.75, 3.05) is 0 Å². The van der Waals surface area contributed by atoms with Gasteiger partial charge in [-0.3, -0.25) is 0 Å². The van der Waals surface area contributed by atoms with Crippen molar-refractivity contribution in [3.63, 3.8) is 0 Å². The Morgan fingerprint density at radius 3 is 2.48 bits per heavy atom. The fourth-order valence-electron chi connectivity index (χ4n) is 2.50. The second-order valence-electron chi connectivity index (χ2n) is 5.34. The van der Waals surface area contributed by atoms with E-state index in [1.54, 1.807) is 0 Å². The van der Waals surface area contributed by atoms with Crippen LogP contribution in [0.1, 0.15) is 11.1 Å². The second kappa shape index (κ2) is 7.79. The molecule has 1 aromatic heterocycles. The van der Waals surface area contributed by atoms with Crippen molar-refractivity contribution < 1.29 is 27.8 Å². The van der Waals surface area contributed by atoms with E-state index in [1.165, 1.54) is 23.0 Å². The Bertz CT molecular complexity index is 928. The number of nitrogens with zero attached hydrogens (tertiary/aromatic N) is 2. The van der Waals surface area contributed by atoms with Crippen molar-refractivity contribution in [1.29, 1.82) is 0 Å². The molecule has 12 heteroatoms. The Kier molecular flexibility index (Phi) is 6.26. The molecule has 1 aromatic carbocycles. The average Bonchev–Trinajstić information content (AvgIpc) is 2.87. The molecular weight excluding hydrogens is 455 g/mol. The predicted molar refractivity (Wildman–Crippen MR) is 96.1 cm³/mol. The van der Waals surface area contributed by atoms with Crippen molar-refractivity contribution >= 4 is 59.3 Å². The zero-order valence-corrected chi connectivity index (χ0v) is 16.0. The smallest absolute Gasteiger partial charge is 0.430 e. The van der Waals surface area contributed by atoms with Crippen LogP contribution >= 0.6 is 47.2 Å². The van der Waals surface area contributed by atoms with E-state index in [0.29, 0.717) is 5.56 Å². The number of alkyl halides is 3. The number of hydrogen-bond donors (Lipinski definition) is 1. The Morgan fingerprint density at radius 2 is 1.96 bits per heavy atom. The third-order valence-corrected chi connectivity index (χ3v) is 4.82. The van der Waals surface area contributed by atoms with E-state index in [9.17, 15) is 18.0 Å². The Labute approximate surface area is 171 Å². The molecule has 1 aliphatic rings. The van der Waals surface area contributed by atoms with Crippen molar-refractivity contribution in [1.82, 2.24) is 9.55 Å². The van der Waals surface area contributed by atoms with Gasteiger partial charge >= 0.3 is 12.1 Å². The normalized spacial score (nSPS) is 16.1. The number of aromatic nitrogens is 2. The number of ether oxygens (including phenoxy) is 1. The summed E-state index contributed by atoms with van der Waals surface area (Å²) < 4.78 is 45.7. The van der Waals surface area contributed by atoms with Crippen LogP contribution in [0.5, 0.6) is 5.75 Å². The number of carboxylic acids is 1. The lowest BCUT2D eigenvalue weighted by atomic mass is 9.97. The summed E-state index contributed by atoms with van der Waals surface area (Å²) in [5, 5.41) is 9.50. The van der Waals surface area contributed by atoms with Crippen molar-refractivity contribution in [3.8, 4) is 5.75 Å². The fourth-order valence-corrected chi connectivity index (χ4v) is 3.03. The highest BCUT2D eigenvalue weighted by Gasteiger charge is 2.48. The van der Waals surface area contributed by atoms with Gasteiger partial charge in [0.15, 0.2) is 5.15 Å². The van der Waals surface area contributed by atoms with Crippen molar-refractivity contribution in [2.45, 2.75) is 18.8 Å². The average molecular weight is 464 g/mol. The minimum absolute atomic E-state index is 0. The van der Waals surface area contributed by atoms with E-state index >= 15 is 0 Å². The van der Waals surface area contributed by atoms with Crippen LogP contribution in [-0.4, -0.2) is 32.9 Å². The van der Waals surface area contributed by atoms with Gasteiger partial charge in [0.1, 0.15) is 10.9 Å². The number of rotatable bonds is 3. The van der Waals surface area contributed by atoms with Gasteiger partial charge in [0, 0.05) is 16.1 Å². The van der Waals surface area contributed by atoms with Gasteiger partial charge in [-0.2, -0.15) is 13.2 Å². The third-order valence-electron chi connectivity index (χ3n) is 3.69. The summed E-state index contributed by atoms with van der Waals surface area (Å²) in [4.78, 5) is 15.1. The SMILES string of the molecule is Cl.O=C(O)C1=Cc2c(ccc(Cl)c2Cn2cnc(Cl)c2Cl)OC1C(F)(F)F. The highest BCUT2D eigenvalue weighted by atomic mass is 35.5. The summed E-state index contributed by atoms with van der Waals surface area (Å²) in [5.74, 6) is -1.88. The molecule has 2 heterocycles. The molecule has 1 N–H and O–H groups in total. The molecule has 146 valence electrons. The van der Waals surface area contributed by atoms with Crippen LogP contribution in [0.25, 0.3) is 6.08 Å². The molecule has 0 aliphatic carbocycles. The lowest BCUT2D eigenvalue weighted by molar-refractivity contribution is -0.187. The van der Waals surface area contributed by atoms with Gasteiger partial charge in [-0.05, 0) is 18.2 Å². The van der Waals surface area contributed by atoms with Gasteiger partial charge < -0.3 is 14.4 Å². The number of hydrogen-bond acceptors (Lipinski definition) is 3. The van der Waals surface area contributed by atoms with Crippen LogP contribution in [-0.2, 0) is 11.3 Å². The zero-order chi connectivity index (χ0) is 19.2. The summed E-state index contributed by atoms with van der Waals surface area (Å²) in [7, 11) is 0. The molecule has 1 aliphatic heterocycles. The first kappa shape index (κ1) is 21.7. The lowest BCUT2D eigenvalue weighted by Crippen LogP contribution is -2.40. The van der Waals surface area contributed by atoms with E-state index in [2.05, 4.69) is 4.98 Å². The van der Waals surface area contributed by atoms with E-state index in [-0.39, 0.29) is 45.6 Å². The van der Waals surface area contributed by atoms with Crippen LogP contribution in [0.2, 0.25) is 15.3 Å². The molecule has 0 spiro atoms. The first-order valence-electron chi connectivity index (χ1n) is 6.95. The van der Waals surface area contributed by atoms with E-state index in [0.717, 1.165) is 6.08 Å². The van der Waals surface area contributed by atoms with Gasteiger partial charge in [0.05, 0.1) is 18.4 Å². The molecule has 3 rings (SSSR count). The Balaban J connectivity index is 0.00000261. The topological polar surface area (TPSA) is 64.3 Å². The van der Waals surface area contributed by atoms with Gasteiger partial charge in [-0.1, -0.05) is 34.8 Å². The predicted octanol–water partition coefficient (Wildman–Crippen LogP) is 5.10. The number of benzene rings is 1. The maximum atomic E-state index is 13.1. The molecule has 0 saturated heterocycles. The van der Waals surface area contributed by atoms with E-state index in [4.69, 9.17) is 44.6 Å². The summed E-state index contributed by atoms with van der Waals surface area (Å²) >= 11 is 17.9. The molecule has 0 bridgehead atoms. The maximum Gasteiger partial charge on any atom is 0.430 e. The van der Waals surface area contributed by atoms with Gasteiger partial charge in [-0.15, -0.1) is 12.4 Å². The van der Waals surface area contributed by atoms with Crippen LogP contribution < -0.4 is 4.74 Å². The summed E-state index contributed by atoms with van der Waals surface area (Å²) in [6.45, 7) is 0.00397. The number of aliphatic carboxylic acids is 1. The van der Waals surface area contributed by atoms with Crippen LogP contribution in [0.3, 0.4) is 0 Å². The number of carboxylic acid groups (broad SMARTS) is 1. The van der Waals surface area contributed by atoms with E-state index in [1.807, 2.05) is 0 Å². The van der Waals surface area contributed by atoms with Gasteiger partial charge in [0.25, 0.3) is 0 Å². The molecule has 2 aromatic rings. The molecule has 0 amide bonds. The summed E-state index contributed by atoms with van der Waals surface area (Å²) in [6.07, 6.45) is -5.23. The molecule has 1 unspecified atom stereocenters.